The molecular weight excluding hydrogens is 392 g/mol. The van der Waals surface area contributed by atoms with Crippen molar-refractivity contribution in [1.29, 1.82) is 0 Å². The van der Waals surface area contributed by atoms with Gasteiger partial charge >= 0.3 is 0 Å². The number of hydrogen-bond acceptors (Lipinski definition) is 1. The van der Waals surface area contributed by atoms with Gasteiger partial charge in [0.2, 0.25) is 0 Å². The summed E-state index contributed by atoms with van der Waals surface area (Å²) in [5.41, 5.74) is 2.38. The topological polar surface area (TPSA) is 3.24 Å². The Bertz CT molecular complexity index is 612. The molecule has 0 aromatic heterocycles. The van der Waals surface area contributed by atoms with Crippen molar-refractivity contribution in [3.05, 3.63) is 63.8 Å². The van der Waals surface area contributed by atoms with E-state index >= 15 is 0 Å². The van der Waals surface area contributed by atoms with Crippen LogP contribution in [-0.4, -0.2) is 17.9 Å². The molecule has 1 aromatic rings. The van der Waals surface area contributed by atoms with E-state index < -0.39 is 13.0 Å². The second kappa shape index (κ2) is 7.87. The minimum absolute atomic E-state index is 0. The Labute approximate surface area is 158 Å². The van der Waals surface area contributed by atoms with E-state index in [0.29, 0.717) is 27.0 Å². The zero-order valence-electron chi connectivity index (χ0n) is 11.3. The molecule has 0 atom stereocenters. The van der Waals surface area contributed by atoms with Gasteiger partial charge in [-0.15, -0.1) is 11.6 Å². The van der Waals surface area contributed by atoms with Gasteiger partial charge in [0.05, 0.1) is 6.54 Å². The first-order valence-electron chi connectivity index (χ1n) is 5.91. The summed E-state index contributed by atoms with van der Waals surface area (Å²) in [6, 6.07) is 4.92. The number of rotatable bonds is 3. The van der Waals surface area contributed by atoms with Gasteiger partial charge in [0.15, 0.2) is 0 Å². The van der Waals surface area contributed by atoms with Crippen molar-refractivity contribution in [2.75, 3.05) is 6.54 Å². The van der Waals surface area contributed by atoms with Crippen LogP contribution in [0.4, 0.5) is 8.78 Å². The third-order valence-corrected chi connectivity index (χ3v) is 3.53. The van der Waals surface area contributed by atoms with Crippen LogP contribution in [0.5, 0.6) is 0 Å². The second-order valence-electron chi connectivity index (χ2n) is 4.39. The molecule has 2 rings (SSSR count). The molecule has 6 heteroatoms. The van der Waals surface area contributed by atoms with Crippen LogP contribution in [0.3, 0.4) is 0 Å². The minimum Gasteiger partial charge on any atom is -0.370 e. The zero-order valence-corrected chi connectivity index (χ0v) is 15.7. The van der Waals surface area contributed by atoms with E-state index in [9.17, 15) is 8.78 Å². The fourth-order valence-electron chi connectivity index (χ4n) is 1.93. The Balaban J connectivity index is 0.00000220. The summed E-state index contributed by atoms with van der Waals surface area (Å²) in [5, 5.41) is 0.876. The first-order chi connectivity index (χ1) is 9.40. The Hall–Kier alpha value is -0.216. The summed E-state index contributed by atoms with van der Waals surface area (Å²) < 4.78 is 25.6. The van der Waals surface area contributed by atoms with E-state index in [-0.39, 0.29) is 32.7 Å². The molecule has 1 nitrogen and oxygen atoms in total. The molecule has 0 N–H and O–H groups in total. The van der Waals surface area contributed by atoms with Crippen molar-refractivity contribution < 1.29 is 41.5 Å². The van der Waals surface area contributed by atoms with Gasteiger partial charge in [0, 0.05) is 37.7 Å². The fourth-order valence-corrected chi connectivity index (χ4v) is 2.43. The van der Waals surface area contributed by atoms with Crippen molar-refractivity contribution in [2.45, 2.75) is 13.3 Å². The maximum atomic E-state index is 12.8. The van der Waals surface area contributed by atoms with Crippen molar-refractivity contribution in [3.63, 3.8) is 0 Å². The largest absolute Gasteiger partial charge is 0.370 e. The molecule has 1 radical (unpaired) electrons. The number of allylic oxidation sites excluding steroid dienone is 3. The molecular formula is C15H12Cl2F2NY-. The predicted octanol–water partition coefficient (Wildman–Crippen LogP) is 5.18. The van der Waals surface area contributed by atoms with Crippen molar-refractivity contribution >= 4 is 28.9 Å². The molecule has 0 bridgehead atoms. The van der Waals surface area contributed by atoms with E-state index in [2.05, 4.69) is 12.7 Å². The van der Waals surface area contributed by atoms with E-state index in [1.807, 2.05) is 0 Å². The van der Waals surface area contributed by atoms with Gasteiger partial charge in [-0.25, -0.2) is 8.78 Å². The smallest absolute Gasteiger partial charge is 0.256 e. The van der Waals surface area contributed by atoms with Crippen molar-refractivity contribution in [2.24, 2.45) is 0 Å². The normalized spacial score (nSPS) is 14.8. The Morgan fingerprint density at radius 3 is 2.57 bits per heavy atom. The van der Waals surface area contributed by atoms with E-state index in [1.54, 1.807) is 31.2 Å². The molecule has 0 spiro atoms. The summed E-state index contributed by atoms with van der Waals surface area (Å²) in [4.78, 5) is 1.43. The van der Waals surface area contributed by atoms with Gasteiger partial charge < -0.3 is 4.90 Å². The summed E-state index contributed by atoms with van der Waals surface area (Å²) in [6.07, 6.45) is 2.22. The maximum Gasteiger partial charge on any atom is 0.256 e. The average Bonchev–Trinajstić information content (AvgIpc) is 2.36. The molecule has 0 fully saturated rings. The molecule has 1 aromatic carbocycles. The predicted molar refractivity (Wildman–Crippen MR) is 78.7 cm³/mol. The molecule has 21 heavy (non-hydrogen) atoms. The van der Waals surface area contributed by atoms with Crippen LogP contribution in [0.1, 0.15) is 12.5 Å². The van der Waals surface area contributed by atoms with Crippen LogP contribution in [0.25, 0.3) is 5.70 Å². The summed E-state index contributed by atoms with van der Waals surface area (Å²) in [6.45, 7) is 5.19. The summed E-state index contributed by atoms with van der Waals surface area (Å²) in [5.74, 6) is 0. The van der Waals surface area contributed by atoms with Crippen LogP contribution >= 0.6 is 23.2 Å². The number of nitrogens with zero attached hydrogens (tertiary/aromatic N) is 1. The van der Waals surface area contributed by atoms with Gasteiger partial charge in [-0.1, -0.05) is 54.0 Å². The molecule has 0 saturated heterocycles. The van der Waals surface area contributed by atoms with Crippen LogP contribution < -0.4 is 0 Å². The molecule has 109 valence electrons. The van der Waals surface area contributed by atoms with Crippen LogP contribution in [-0.2, 0) is 32.7 Å². The van der Waals surface area contributed by atoms with Crippen LogP contribution in [0.2, 0.25) is 10.0 Å². The van der Waals surface area contributed by atoms with Gasteiger partial charge in [0.25, 0.3) is 6.43 Å². The number of halogens is 4. The third kappa shape index (κ3) is 4.38. The van der Waals surface area contributed by atoms with Crippen molar-refractivity contribution in [1.82, 2.24) is 4.90 Å². The van der Waals surface area contributed by atoms with Crippen LogP contribution in [0.15, 0.2) is 42.1 Å². The fraction of sp³-hybridized carbons (Fsp3) is 0.200. The van der Waals surface area contributed by atoms with Crippen LogP contribution in [0, 0.1) is 6.08 Å². The van der Waals surface area contributed by atoms with Gasteiger partial charge in [-0.05, 0) is 16.8 Å². The molecule has 1 heterocycles. The second-order valence-corrected chi connectivity index (χ2v) is 5.24. The van der Waals surface area contributed by atoms with E-state index in [0.717, 1.165) is 5.57 Å². The average molecular weight is 404 g/mol. The molecule has 0 saturated carbocycles. The van der Waals surface area contributed by atoms with E-state index in [1.165, 1.54) is 4.90 Å². The SMILES string of the molecule is C=C1C(C)=C[C-]=C(c2ccc(Cl)cc2Cl)N1CC(F)F.[Y]. The Morgan fingerprint density at radius 1 is 1.33 bits per heavy atom. The van der Waals surface area contributed by atoms with Gasteiger partial charge in [0.1, 0.15) is 0 Å². The van der Waals surface area contributed by atoms with Gasteiger partial charge in [-0.3, -0.25) is 0 Å². The summed E-state index contributed by atoms with van der Waals surface area (Å²) in [7, 11) is 0. The molecule has 1 aliphatic heterocycles. The third-order valence-electron chi connectivity index (χ3n) is 2.98. The van der Waals surface area contributed by atoms with Gasteiger partial charge in [-0.2, -0.15) is 12.2 Å². The first kappa shape index (κ1) is 18.8. The summed E-state index contributed by atoms with van der Waals surface area (Å²) >= 11 is 12.0. The maximum absolute atomic E-state index is 12.8. The quantitative estimate of drug-likeness (QED) is 0.629. The molecule has 1 aliphatic rings. The number of alkyl halides is 2. The Kier molecular flexibility index (Phi) is 7.06. The monoisotopic (exact) mass is 403 g/mol. The number of hydrogen-bond donors (Lipinski definition) is 0. The standard InChI is InChI=1S/C15H12Cl2F2N.Y/c1-9-3-6-14(20(10(9)2)8-15(18)19)12-5-4-11(16)7-13(12)17;/h3-5,7,15H,2,8H2,1H3;/q-1;. The molecule has 0 amide bonds. The van der Waals surface area contributed by atoms with E-state index in [4.69, 9.17) is 23.2 Å². The first-order valence-corrected chi connectivity index (χ1v) is 6.66. The molecule has 0 unspecified atom stereocenters. The van der Waals surface area contributed by atoms with Crippen molar-refractivity contribution in [3.8, 4) is 0 Å². The Morgan fingerprint density at radius 2 is 2.00 bits per heavy atom. The minimum atomic E-state index is -2.49. The number of benzene rings is 1. The molecule has 0 aliphatic carbocycles. The zero-order chi connectivity index (χ0) is 14.9.